The molecule has 0 saturated carbocycles. The number of para-hydroxylation sites is 1. The maximum atomic E-state index is 12.4. The minimum absolute atomic E-state index is 0.0153. The second-order valence-electron chi connectivity index (χ2n) is 6.30. The number of hydrogen-bond donors (Lipinski definition) is 1. The zero-order chi connectivity index (χ0) is 19.8. The summed E-state index contributed by atoms with van der Waals surface area (Å²) >= 11 is 3.40. The Morgan fingerprint density at radius 2 is 1.93 bits per heavy atom. The zero-order valence-corrected chi connectivity index (χ0v) is 17.5. The first-order valence-corrected chi connectivity index (χ1v) is 9.70. The highest BCUT2D eigenvalue weighted by Gasteiger charge is 2.15. The predicted molar refractivity (Wildman–Crippen MR) is 111 cm³/mol. The summed E-state index contributed by atoms with van der Waals surface area (Å²) in [4.78, 5) is 26.1. The first-order valence-electron chi connectivity index (χ1n) is 8.91. The summed E-state index contributed by atoms with van der Waals surface area (Å²) in [5, 5.41) is 2.85. The maximum Gasteiger partial charge on any atom is 0.243 e. The summed E-state index contributed by atoms with van der Waals surface area (Å²) in [6.45, 7) is 4.45. The van der Waals surface area contributed by atoms with Crippen LogP contribution in [0.3, 0.4) is 0 Å². The second kappa shape index (κ2) is 10.1. The molecule has 0 aliphatic carbocycles. The molecule has 0 heterocycles. The lowest BCUT2D eigenvalue weighted by Gasteiger charge is -2.18. The second-order valence-corrected chi connectivity index (χ2v) is 7.21. The van der Waals surface area contributed by atoms with Crippen LogP contribution in [0.25, 0.3) is 0 Å². The van der Waals surface area contributed by atoms with Gasteiger partial charge in [0.15, 0.2) is 0 Å². The van der Waals surface area contributed by atoms with Gasteiger partial charge < -0.3 is 15.0 Å². The number of aryl methyl sites for hydroxylation is 2. The normalized spacial score (nSPS) is 10.4. The van der Waals surface area contributed by atoms with E-state index >= 15 is 0 Å². The Morgan fingerprint density at radius 3 is 2.63 bits per heavy atom. The molecule has 5 nitrogen and oxygen atoms in total. The van der Waals surface area contributed by atoms with E-state index in [1.807, 2.05) is 56.3 Å². The lowest BCUT2D eigenvalue weighted by molar-refractivity contribution is -0.133. The number of nitrogens with zero attached hydrogens (tertiary/aromatic N) is 1. The smallest absolute Gasteiger partial charge is 0.243 e. The van der Waals surface area contributed by atoms with Gasteiger partial charge >= 0.3 is 0 Å². The molecule has 0 radical (unpaired) electrons. The van der Waals surface area contributed by atoms with Crippen LogP contribution in [-0.4, -0.2) is 36.9 Å². The molecule has 2 aromatic rings. The van der Waals surface area contributed by atoms with Crippen molar-refractivity contribution < 1.29 is 14.3 Å². The van der Waals surface area contributed by atoms with Crippen LogP contribution in [0, 0.1) is 6.92 Å². The zero-order valence-electron chi connectivity index (χ0n) is 15.9. The SMILES string of the molecule is CCOc1ccccc1CCC(=O)N(C)CC(=O)Nc1ccc(Br)cc1C. The van der Waals surface area contributed by atoms with Crippen molar-refractivity contribution in [2.45, 2.75) is 26.7 Å². The van der Waals surface area contributed by atoms with Crippen LogP contribution < -0.4 is 10.1 Å². The predicted octanol–water partition coefficient (Wildman–Crippen LogP) is 4.19. The van der Waals surface area contributed by atoms with Crippen LogP contribution in [0.1, 0.15) is 24.5 Å². The molecular weight excluding hydrogens is 408 g/mol. The molecule has 2 amide bonds. The highest BCUT2D eigenvalue weighted by molar-refractivity contribution is 9.10. The summed E-state index contributed by atoms with van der Waals surface area (Å²) in [5.74, 6) is 0.508. The third-order valence-electron chi connectivity index (χ3n) is 4.15. The molecule has 0 saturated heterocycles. The topological polar surface area (TPSA) is 58.6 Å². The maximum absolute atomic E-state index is 12.4. The van der Waals surface area contributed by atoms with E-state index in [2.05, 4.69) is 21.2 Å². The Kier molecular flexibility index (Phi) is 7.85. The number of benzene rings is 2. The van der Waals surface area contributed by atoms with Gasteiger partial charge in [0, 0.05) is 23.6 Å². The van der Waals surface area contributed by atoms with Gasteiger partial charge in [-0.05, 0) is 55.7 Å². The number of anilines is 1. The van der Waals surface area contributed by atoms with E-state index in [1.54, 1.807) is 7.05 Å². The molecule has 2 rings (SSSR count). The number of carbonyl (C=O) groups excluding carboxylic acids is 2. The fourth-order valence-corrected chi connectivity index (χ4v) is 3.18. The van der Waals surface area contributed by atoms with Crippen LogP contribution >= 0.6 is 15.9 Å². The molecule has 1 N–H and O–H groups in total. The van der Waals surface area contributed by atoms with Gasteiger partial charge in [-0.25, -0.2) is 0 Å². The molecule has 0 spiro atoms. The van der Waals surface area contributed by atoms with Crippen molar-refractivity contribution in [2.24, 2.45) is 0 Å². The Hall–Kier alpha value is -2.34. The monoisotopic (exact) mass is 432 g/mol. The Bertz CT molecular complexity index is 808. The van der Waals surface area contributed by atoms with Crippen LogP contribution in [0.4, 0.5) is 5.69 Å². The number of ether oxygens (including phenoxy) is 1. The molecular formula is C21H25BrN2O3. The number of carbonyl (C=O) groups is 2. The van der Waals surface area contributed by atoms with Crippen molar-refractivity contribution in [3.05, 3.63) is 58.1 Å². The first kappa shape index (κ1) is 21.0. The largest absolute Gasteiger partial charge is 0.494 e. The lowest BCUT2D eigenvalue weighted by Crippen LogP contribution is -2.35. The van der Waals surface area contributed by atoms with E-state index < -0.39 is 0 Å². The number of amides is 2. The van der Waals surface area contributed by atoms with Gasteiger partial charge in [0.2, 0.25) is 11.8 Å². The Morgan fingerprint density at radius 1 is 1.19 bits per heavy atom. The van der Waals surface area contributed by atoms with E-state index in [0.717, 1.165) is 27.0 Å². The van der Waals surface area contributed by atoms with E-state index in [4.69, 9.17) is 4.74 Å². The van der Waals surface area contributed by atoms with Crippen molar-refractivity contribution in [3.8, 4) is 5.75 Å². The standard InChI is InChI=1S/C21H25BrN2O3/c1-4-27-19-8-6-5-7-16(19)9-12-21(26)24(3)14-20(25)23-18-11-10-17(22)13-15(18)2/h5-8,10-11,13H,4,9,12,14H2,1-3H3,(H,23,25). The van der Waals surface area contributed by atoms with Gasteiger partial charge in [0.1, 0.15) is 5.75 Å². The van der Waals surface area contributed by atoms with Gasteiger partial charge in [-0.15, -0.1) is 0 Å². The van der Waals surface area contributed by atoms with E-state index in [-0.39, 0.29) is 18.4 Å². The highest BCUT2D eigenvalue weighted by atomic mass is 79.9. The van der Waals surface area contributed by atoms with Crippen molar-refractivity contribution in [1.29, 1.82) is 0 Å². The van der Waals surface area contributed by atoms with E-state index in [1.165, 1.54) is 4.90 Å². The summed E-state index contributed by atoms with van der Waals surface area (Å²) in [7, 11) is 1.64. The van der Waals surface area contributed by atoms with Crippen LogP contribution in [0.15, 0.2) is 46.9 Å². The quantitative estimate of drug-likeness (QED) is 0.680. The first-order chi connectivity index (χ1) is 12.9. The summed E-state index contributed by atoms with van der Waals surface area (Å²) in [5.41, 5.74) is 2.70. The molecule has 6 heteroatoms. The molecule has 2 aromatic carbocycles. The van der Waals surface area contributed by atoms with Crippen LogP contribution in [0.5, 0.6) is 5.75 Å². The number of likely N-dealkylation sites (N-methyl/N-ethyl adjacent to an activating group) is 1. The van der Waals surface area contributed by atoms with Crippen molar-refractivity contribution in [2.75, 3.05) is 25.5 Å². The molecule has 0 atom stereocenters. The summed E-state index contributed by atoms with van der Waals surface area (Å²) in [6.07, 6.45) is 0.901. The van der Waals surface area contributed by atoms with Crippen LogP contribution in [-0.2, 0) is 16.0 Å². The molecule has 27 heavy (non-hydrogen) atoms. The number of nitrogens with one attached hydrogen (secondary N) is 1. The van der Waals surface area contributed by atoms with Crippen molar-refractivity contribution in [1.82, 2.24) is 4.90 Å². The van der Waals surface area contributed by atoms with Gasteiger partial charge in [-0.3, -0.25) is 9.59 Å². The number of halogens is 1. The third kappa shape index (κ3) is 6.40. The third-order valence-corrected chi connectivity index (χ3v) is 4.64. The number of rotatable bonds is 8. The minimum atomic E-state index is -0.217. The van der Waals surface area contributed by atoms with Gasteiger partial charge in [-0.1, -0.05) is 34.1 Å². The lowest BCUT2D eigenvalue weighted by atomic mass is 10.1. The fraction of sp³-hybridized carbons (Fsp3) is 0.333. The molecule has 0 aliphatic rings. The van der Waals surface area contributed by atoms with Crippen LogP contribution in [0.2, 0.25) is 0 Å². The highest BCUT2D eigenvalue weighted by Crippen LogP contribution is 2.21. The van der Waals surface area contributed by atoms with E-state index in [9.17, 15) is 9.59 Å². The van der Waals surface area contributed by atoms with Gasteiger partial charge in [-0.2, -0.15) is 0 Å². The molecule has 0 bridgehead atoms. The average molecular weight is 433 g/mol. The Labute approximate surface area is 168 Å². The fourth-order valence-electron chi connectivity index (χ4n) is 2.70. The van der Waals surface area contributed by atoms with Gasteiger partial charge in [0.25, 0.3) is 0 Å². The minimum Gasteiger partial charge on any atom is -0.494 e. The summed E-state index contributed by atoms with van der Waals surface area (Å²) in [6, 6.07) is 13.3. The summed E-state index contributed by atoms with van der Waals surface area (Å²) < 4.78 is 6.54. The molecule has 144 valence electrons. The van der Waals surface area contributed by atoms with Crippen molar-refractivity contribution >= 4 is 33.4 Å². The number of hydrogen-bond acceptors (Lipinski definition) is 3. The van der Waals surface area contributed by atoms with Crippen molar-refractivity contribution in [3.63, 3.8) is 0 Å². The molecule has 0 aliphatic heterocycles. The van der Waals surface area contributed by atoms with E-state index in [0.29, 0.717) is 19.4 Å². The average Bonchev–Trinajstić information content (AvgIpc) is 2.63. The van der Waals surface area contributed by atoms with Gasteiger partial charge in [0.05, 0.1) is 13.2 Å². The Balaban J connectivity index is 1.87. The molecule has 0 aromatic heterocycles. The molecule has 0 fully saturated rings. The molecule has 0 unspecified atom stereocenters.